The molecule has 1 aromatic heterocycles. The molecule has 2 aliphatic heterocycles. The molecule has 3 heterocycles. The van der Waals surface area contributed by atoms with Crippen LogP contribution in [0.1, 0.15) is 6.42 Å². The minimum absolute atomic E-state index is 0.122. The van der Waals surface area contributed by atoms with Crippen molar-refractivity contribution in [1.29, 1.82) is 0 Å². The van der Waals surface area contributed by atoms with Gasteiger partial charge >= 0.3 is 0 Å². The van der Waals surface area contributed by atoms with Crippen LogP contribution in [0.25, 0.3) is 21.9 Å². The molecule has 1 aliphatic carbocycles. The first kappa shape index (κ1) is 30.0. The number of allylic oxidation sites excluding steroid dienone is 1. The highest BCUT2D eigenvalue weighted by atomic mass is 16.3. The second-order valence-corrected chi connectivity index (χ2v) is 14.1. The van der Waals surface area contributed by atoms with Crippen LogP contribution in [-0.2, 0) is 0 Å². The topological polar surface area (TPSA) is 22.9 Å². The lowest BCUT2D eigenvalue weighted by Crippen LogP contribution is -2.61. The lowest BCUT2D eigenvalue weighted by atomic mass is 9.31. The molecule has 0 amide bonds. The minimum atomic E-state index is 0.122. The number of hydrogen-bond acceptors (Lipinski definition) is 4. The Morgan fingerprint density at radius 2 is 1.17 bits per heavy atom. The fourth-order valence-corrected chi connectivity index (χ4v) is 8.99. The van der Waals surface area contributed by atoms with Crippen LogP contribution in [0.2, 0.25) is 0 Å². The molecule has 0 saturated carbocycles. The average molecular weight is 680 g/mol. The van der Waals surface area contributed by atoms with Crippen LogP contribution in [0.4, 0.5) is 39.8 Å². The van der Waals surface area contributed by atoms with Crippen LogP contribution in [0.15, 0.2) is 204 Å². The Hall–Kier alpha value is -6.72. The summed E-state index contributed by atoms with van der Waals surface area (Å²) in [6.45, 7) is 0.122. The summed E-state index contributed by atoms with van der Waals surface area (Å²) < 4.78 is 6.41. The van der Waals surface area contributed by atoms with Gasteiger partial charge in [-0.2, -0.15) is 0 Å². The lowest BCUT2D eigenvalue weighted by molar-refractivity contribution is 0.669. The molecule has 0 spiro atoms. The maximum Gasteiger partial charge on any atom is 0.247 e. The van der Waals surface area contributed by atoms with E-state index in [1.807, 2.05) is 12.1 Å². The van der Waals surface area contributed by atoms with Gasteiger partial charge in [-0.15, -0.1) is 0 Å². The second kappa shape index (κ2) is 11.9. The molecule has 8 aromatic rings. The minimum Gasteiger partial charge on any atom is -0.456 e. The Morgan fingerprint density at radius 3 is 2.00 bits per heavy atom. The fraction of sp³-hybridized carbons (Fsp3) is 0.0417. The van der Waals surface area contributed by atoms with E-state index in [4.69, 9.17) is 4.42 Å². The van der Waals surface area contributed by atoms with Crippen LogP contribution < -0.4 is 25.6 Å². The number of para-hydroxylation sites is 5. The Bertz CT molecular complexity index is 2740. The third-order valence-corrected chi connectivity index (χ3v) is 11.2. The summed E-state index contributed by atoms with van der Waals surface area (Å²) in [5.74, 6) is 0. The first-order chi connectivity index (χ1) is 26.3. The van der Waals surface area contributed by atoms with Crippen molar-refractivity contribution in [3.8, 4) is 0 Å². The summed E-state index contributed by atoms with van der Waals surface area (Å²) in [5.41, 5.74) is 15.2. The summed E-state index contributed by atoms with van der Waals surface area (Å²) in [6, 6.07) is 63.6. The van der Waals surface area contributed by atoms with Crippen LogP contribution in [0.5, 0.6) is 0 Å². The molecule has 1 atom stereocenters. The zero-order chi connectivity index (χ0) is 34.9. The molecule has 53 heavy (non-hydrogen) atoms. The Kier molecular flexibility index (Phi) is 6.74. The van der Waals surface area contributed by atoms with E-state index in [-0.39, 0.29) is 12.8 Å². The van der Waals surface area contributed by atoms with E-state index < -0.39 is 0 Å². The van der Waals surface area contributed by atoms with Crippen molar-refractivity contribution < 1.29 is 4.42 Å². The maximum absolute atomic E-state index is 6.41. The van der Waals surface area contributed by atoms with Crippen LogP contribution in [-0.4, -0.2) is 12.8 Å². The van der Waals surface area contributed by atoms with Gasteiger partial charge < -0.3 is 19.1 Å². The summed E-state index contributed by atoms with van der Waals surface area (Å²) in [4.78, 5) is 7.42. The van der Waals surface area contributed by atoms with E-state index >= 15 is 0 Å². The quantitative estimate of drug-likeness (QED) is 0.169. The molecular weight excluding hydrogens is 645 g/mol. The van der Waals surface area contributed by atoms with E-state index in [1.54, 1.807) is 0 Å². The number of hydrogen-bond donors (Lipinski definition) is 0. The second-order valence-electron chi connectivity index (χ2n) is 14.1. The fourth-order valence-electron chi connectivity index (χ4n) is 8.99. The molecule has 0 N–H and O–H groups in total. The van der Waals surface area contributed by atoms with Crippen molar-refractivity contribution in [2.45, 2.75) is 12.5 Å². The number of nitrogens with zero attached hydrogens (tertiary/aromatic N) is 3. The monoisotopic (exact) mass is 679 g/mol. The zero-order valence-electron chi connectivity index (χ0n) is 29.0. The van der Waals surface area contributed by atoms with Crippen molar-refractivity contribution >= 4 is 79.4 Å². The standard InChI is InChI=1S/C48H34BN3O/c1-4-15-33(16-5-1)50(37-27-29-39-38-21-10-13-26-46(38)53-47(39)32-37)36-28-30-41-45(31-36)52(35-19-8-3-9-20-35)44-25-14-24-43-48(44)49(41)40-22-11-12-23-42(40)51(43)34-17-6-2-7-18-34/h1-23,25-32,43H,24H2/t43-/m0/s1. The van der Waals surface area contributed by atoms with Gasteiger partial charge in [-0.25, -0.2) is 0 Å². The van der Waals surface area contributed by atoms with Crippen LogP contribution in [0, 0.1) is 0 Å². The molecule has 7 aromatic carbocycles. The molecule has 3 aliphatic rings. The van der Waals surface area contributed by atoms with E-state index in [1.165, 1.54) is 39.2 Å². The van der Waals surface area contributed by atoms with Gasteiger partial charge in [-0.3, -0.25) is 0 Å². The summed E-state index contributed by atoms with van der Waals surface area (Å²) >= 11 is 0. The molecule has 0 fully saturated rings. The summed E-state index contributed by atoms with van der Waals surface area (Å²) in [5, 5.41) is 2.26. The van der Waals surface area contributed by atoms with Gasteiger partial charge in [0.15, 0.2) is 0 Å². The molecule has 5 heteroatoms. The van der Waals surface area contributed by atoms with E-state index in [9.17, 15) is 0 Å². The summed E-state index contributed by atoms with van der Waals surface area (Å²) in [6.07, 6.45) is 5.68. The largest absolute Gasteiger partial charge is 0.456 e. The zero-order valence-corrected chi connectivity index (χ0v) is 29.0. The van der Waals surface area contributed by atoms with Crippen molar-refractivity contribution in [1.82, 2.24) is 0 Å². The molecule has 0 saturated heterocycles. The number of furan rings is 1. The van der Waals surface area contributed by atoms with Crippen molar-refractivity contribution in [3.63, 3.8) is 0 Å². The lowest BCUT2D eigenvalue weighted by Gasteiger charge is -2.49. The molecule has 11 rings (SSSR count). The highest BCUT2D eigenvalue weighted by Crippen LogP contribution is 2.47. The van der Waals surface area contributed by atoms with Crippen molar-refractivity contribution in [2.75, 3.05) is 14.7 Å². The molecule has 4 nitrogen and oxygen atoms in total. The Morgan fingerprint density at radius 1 is 0.528 bits per heavy atom. The van der Waals surface area contributed by atoms with Gasteiger partial charge in [-0.1, -0.05) is 103 Å². The highest BCUT2D eigenvalue weighted by molar-refractivity contribution is 6.94. The first-order valence-electron chi connectivity index (χ1n) is 18.4. The van der Waals surface area contributed by atoms with Crippen LogP contribution in [0.3, 0.4) is 0 Å². The molecule has 0 unspecified atom stereocenters. The van der Waals surface area contributed by atoms with Crippen molar-refractivity contribution in [3.05, 3.63) is 199 Å². The number of fused-ring (bicyclic) bond motifs is 7. The molecule has 250 valence electrons. The number of benzene rings is 7. The predicted octanol–water partition coefficient (Wildman–Crippen LogP) is 11.1. The SMILES string of the molecule is C1=CC2=C3B(c4ccc(N(c5ccccc5)c5ccc6c(c5)oc5ccccc56)cc4N2c2ccccc2)c2ccccc2N(c2ccccc2)[C@H]3C1. The third kappa shape index (κ3) is 4.64. The first-order valence-corrected chi connectivity index (χ1v) is 18.4. The van der Waals surface area contributed by atoms with Gasteiger partial charge in [0, 0.05) is 62.3 Å². The van der Waals surface area contributed by atoms with Gasteiger partial charge in [0.25, 0.3) is 0 Å². The number of anilines is 7. The van der Waals surface area contributed by atoms with Gasteiger partial charge in [0.1, 0.15) is 11.2 Å². The molecule has 0 bridgehead atoms. The van der Waals surface area contributed by atoms with E-state index in [0.29, 0.717) is 0 Å². The van der Waals surface area contributed by atoms with Crippen molar-refractivity contribution in [2.24, 2.45) is 0 Å². The third-order valence-electron chi connectivity index (χ3n) is 11.2. The average Bonchev–Trinajstić information content (AvgIpc) is 3.60. The van der Waals surface area contributed by atoms with Gasteiger partial charge in [0.05, 0.1) is 6.04 Å². The molecule has 0 radical (unpaired) electrons. The Balaban J connectivity index is 1.14. The predicted molar refractivity (Wildman–Crippen MR) is 222 cm³/mol. The van der Waals surface area contributed by atoms with Gasteiger partial charge in [-0.05, 0) is 102 Å². The van der Waals surface area contributed by atoms with E-state index in [0.717, 1.165) is 51.1 Å². The van der Waals surface area contributed by atoms with E-state index in [2.05, 4.69) is 191 Å². The highest BCUT2D eigenvalue weighted by Gasteiger charge is 2.47. The summed E-state index contributed by atoms with van der Waals surface area (Å²) in [7, 11) is 0. The van der Waals surface area contributed by atoms with Gasteiger partial charge in [0.2, 0.25) is 6.71 Å². The normalized spacial score (nSPS) is 15.8. The molecular formula is C48H34BN3O. The Labute approximate surface area is 309 Å². The number of rotatable bonds is 5. The van der Waals surface area contributed by atoms with Crippen LogP contribution >= 0.6 is 0 Å². The maximum atomic E-state index is 6.41. The smallest absolute Gasteiger partial charge is 0.247 e.